The molecule has 1 N–H and O–H groups in total. The van der Waals surface area contributed by atoms with E-state index < -0.39 is 0 Å². The van der Waals surface area contributed by atoms with E-state index in [1.165, 1.54) is 0 Å². The van der Waals surface area contributed by atoms with Gasteiger partial charge in [0.15, 0.2) is 11.5 Å². The summed E-state index contributed by atoms with van der Waals surface area (Å²) < 4.78 is 10.6. The number of piperazine rings is 1. The Bertz CT molecular complexity index is 670. The van der Waals surface area contributed by atoms with Crippen LogP contribution in [-0.2, 0) is 4.79 Å². The molecule has 1 aromatic carbocycles. The van der Waals surface area contributed by atoms with Gasteiger partial charge in [-0.2, -0.15) is 0 Å². The first-order valence-corrected chi connectivity index (χ1v) is 8.96. The minimum atomic E-state index is -0.201. The molecule has 1 amide bonds. The Morgan fingerprint density at radius 2 is 1.92 bits per heavy atom. The van der Waals surface area contributed by atoms with E-state index >= 15 is 0 Å². The number of nitrogens with zero attached hydrogens (tertiary/aromatic N) is 2. The highest BCUT2D eigenvalue weighted by Gasteiger charge is 2.31. The number of aliphatic hydroxyl groups excluding tert-OH is 1. The summed E-state index contributed by atoms with van der Waals surface area (Å²) in [6, 6.07) is 5.65. The fraction of sp³-hybridized carbons (Fsp3) is 0.526. The number of amides is 1. The molecule has 2 fully saturated rings. The van der Waals surface area contributed by atoms with Crippen LogP contribution in [0.5, 0.6) is 11.5 Å². The summed E-state index contributed by atoms with van der Waals surface area (Å²) in [6.45, 7) is 4.06. The summed E-state index contributed by atoms with van der Waals surface area (Å²) >= 11 is 0. The zero-order valence-corrected chi connectivity index (χ0v) is 15.5. The zero-order chi connectivity index (χ0) is 17.2. The molecular weight excluding hydrogens is 356 g/mol. The van der Waals surface area contributed by atoms with Gasteiger partial charge in [-0.25, -0.2) is 0 Å². The van der Waals surface area contributed by atoms with Crippen molar-refractivity contribution >= 4 is 24.4 Å². The lowest BCUT2D eigenvalue weighted by Crippen LogP contribution is -2.50. The Balaban J connectivity index is 0.00000196. The number of hydrogen-bond acceptors (Lipinski definition) is 5. The van der Waals surface area contributed by atoms with E-state index in [2.05, 4.69) is 4.90 Å². The maximum atomic E-state index is 12.4. The lowest BCUT2D eigenvalue weighted by Gasteiger charge is -2.35. The van der Waals surface area contributed by atoms with Gasteiger partial charge in [0.05, 0.1) is 6.10 Å². The Kier molecular flexibility index (Phi) is 6.06. The van der Waals surface area contributed by atoms with Gasteiger partial charge >= 0.3 is 0 Å². The molecule has 1 saturated carbocycles. The van der Waals surface area contributed by atoms with Gasteiger partial charge in [0, 0.05) is 38.8 Å². The average Bonchev–Trinajstić information content (AvgIpc) is 3.38. The molecule has 26 heavy (non-hydrogen) atoms. The van der Waals surface area contributed by atoms with Crippen LogP contribution in [0.2, 0.25) is 0 Å². The first-order chi connectivity index (χ1) is 12.2. The lowest BCUT2D eigenvalue weighted by molar-refractivity contribution is -0.127. The number of ether oxygens (including phenoxy) is 2. The van der Waals surface area contributed by atoms with Gasteiger partial charge in [-0.1, -0.05) is 6.07 Å². The first kappa shape index (κ1) is 19.0. The van der Waals surface area contributed by atoms with Crippen molar-refractivity contribution in [2.75, 3.05) is 39.5 Å². The van der Waals surface area contributed by atoms with Crippen molar-refractivity contribution in [1.29, 1.82) is 0 Å². The third kappa shape index (κ3) is 4.50. The molecule has 7 heteroatoms. The molecule has 4 rings (SSSR count). The van der Waals surface area contributed by atoms with Gasteiger partial charge in [-0.3, -0.25) is 9.69 Å². The summed E-state index contributed by atoms with van der Waals surface area (Å²) in [5.74, 6) is 2.00. The maximum Gasteiger partial charge on any atom is 0.246 e. The number of halogens is 1. The fourth-order valence-corrected chi connectivity index (χ4v) is 3.34. The number of aliphatic hydroxyl groups is 1. The van der Waals surface area contributed by atoms with Gasteiger partial charge in [-0.15, -0.1) is 12.4 Å². The third-order valence-electron chi connectivity index (χ3n) is 5.11. The molecule has 0 bridgehead atoms. The number of hydrogen-bond donors (Lipinski definition) is 1. The van der Waals surface area contributed by atoms with Crippen LogP contribution >= 0.6 is 12.4 Å². The van der Waals surface area contributed by atoms with E-state index in [9.17, 15) is 9.90 Å². The molecule has 2 aliphatic heterocycles. The van der Waals surface area contributed by atoms with E-state index in [1.807, 2.05) is 29.2 Å². The zero-order valence-electron chi connectivity index (χ0n) is 14.7. The molecule has 1 saturated heterocycles. The van der Waals surface area contributed by atoms with Crippen LogP contribution in [-0.4, -0.2) is 66.4 Å². The topological polar surface area (TPSA) is 62.2 Å². The monoisotopic (exact) mass is 380 g/mol. The van der Waals surface area contributed by atoms with E-state index in [-0.39, 0.29) is 31.2 Å². The second-order valence-electron chi connectivity index (χ2n) is 6.98. The Morgan fingerprint density at radius 1 is 1.19 bits per heavy atom. The fourth-order valence-electron chi connectivity index (χ4n) is 3.34. The Morgan fingerprint density at radius 3 is 2.65 bits per heavy atom. The summed E-state index contributed by atoms with van der Waals surface area (Å²) in [6.07, 6.45) is 5.54. The van der Waals surface area contributed by atoms with Crippen LogP contribution < -0.4 is 9.47 Å². The molecule has 6 nitrogen and oxygen atoms in total. The van der Waals surface area contributed by atoms with Crippen LogP contribution in [0.25, 0.3) is 6.08 Å². The quantitative estimate of drug-likeness (QED) is 0.789. The van der Waals surface area contributed by atoms with E-state index in [0.29, 0.717) is 19.0 Å². The molecule has 142 valence electrons. The van der Waals surface area contributed by atoms with Gasteiger partial charge < -0.3 is 19.5 Å². The smallest absolute Gasteiger partial charge is 0.246 e. The highest BCUT2D eigenvalue weighted by Crippen LogP contribution is 2.33. The highest BCUT2D eigenvalue weighted by atomic mass is 35.5. The molecule has 1 aromatic rings. The number of carbonyl (C=O) groups excluding carboxylic acids is 1. The predicted molar refractivity (Wildman–Crippen MR) is 101 cm³/mol. The number of rotatable bonds is 5. The minimum absolute atomic E-state index is 0. The van der Waals surface area contributed by atoms with Crippen molar-refractivity contribution in [3.05, 3.63) is 29.8 Å². The first-order valence-electron chi connectivity index (χ1n) is 8.96. The van der Waals surface area contributed by atoms with Crippen LogP contribution in [0.4, 0.5) is 0 Å². The summed E-state index contributed by atoms with van der Waals surface area (Å²) in [7, 11) is 0. The van der Waals surface area contributed by atoms with Crippen molar-refractivity contribution in [1.82, 2.24) is 9.80 Å². The van der Waals surface area contributed by atoms with E-state index in [1.54, 1.807) is 6.08 Å². The predicted octanol–water partition coefficient (Wildman–Crippen LogP) is 1.77. The number of fused-ring (bicyclic) bond motifs is 1. The Labute approximate surface area is 159 Å². The molecule has 0 aromatic heterocycles. The molecular formula is C19H25ClN2O4. The number of β-amino-alcohol motifs (C(OH)–C–C–N with tert-alkyl or cyclic N) is 1. The van der Waals surface area contributed by atoms with Gasteiger partial charge in [-0.05, 0) is 42.5 Å². The van der Waals surface area contributed by atoms with Crippen LogP contribution in [0.15, 0.2) is 24.3 Å². The standard InChI is InChI=1S/C19H24N2O4.ClH/c22-16(15-3-4-15)12-20-7-9-21(10-8-20)19(23)6-2-14-1-5-17-18(11-14)25-13-24-17;/h1-2,5-6,11,15-16,22H,3-4,7-10,12-13H2;1H. The summed E-state index contributed by atoms with van der Waals surface area (Å²) in [5.41, 5.74) is 0.920. The largest absolute Gasteiger partial charge is 0.454 e. The second-order valence-corrected chi connectivity index (χ2v) is 6.98. The van der Waals surface area contributed by atoms with E-state index in [4.69, 9.17) is 9.47 Å². The number of benzene rings is 1. The molecule has 0 spiro atoms. The molecule has 1 atom stereocenters. The van der Waals surface area contributed by atoms with Crippen molar-refractivity contribution in [3.8, 4) is 11.5 Å². The van der Waals surface area contributed by atoms with Crippen molar-refractivity contribution < 1.29 is 19.4 Å². The Hall–Kier alpha value is -1.76. The lowest BCUT2D eigenvalue weighted by atomic mass is 10.1. The van der Waals surface area contributed by atoms with Crippen molar-refractivity contribution in [3.63, 3.8) is 0 Å². The molecule has 1 unspecified atom stereocenters. The highest BCUT2D eigenvalue weighted by molar-refractivity contribution is 5.92. The van der Waals surface area contributed by atoms with E-state index in [0.717, 1.165) is 49.5 Å². The summed E-state index contributed by atoms with van der Waals surface area (Å²) in [4.78, 5) is 16.5. The third-order valence-corrected chi connectivity index (χ3v) is 5.11. The van der Waals surface area contributed by atoms with Crippen molar-refractivity contribution in [2.45, 2.75) is 18.9 Å². The van der Waals surface area contributed by atoms with Crippen LogP contribution in [0.1, 0.15) is 18.4 Å². The summed E-state index contributed by atoms with van der Waals surface area (Å²) in [5, 5.41) is 10.0. The second kappa shape index (κ2) is 8.29. The molecule has 2 heterocycles. The normalized spacial score (nSPS) is 20.9. The van der Waals surface area contributed by atoms with Gasteiger partial charge in [0.1, 0.15) is 0 Å². The molecule has 1 aliphatic carbocycles. The molecule has 0 radical (unpaired) electrons. The van der Waals surface area contributed by atoms with Gasteiger partial charge in [0.25, 0.3) is 0 Å². The minimum Gasteiger partial charge on any atom is -0.454 e. The SMILES string of the molecule is Cl.O=C(C=Cc1ccc2c(c1)OCO2)N1CCN(CC(O)C2CC2)CC1. The van der Waals surface area contributed by atoms with Crippen LogP contribution in [0.3, 0.4) is 0 Å². The number of carbonyl (C=O) groups is 1. The molecule has 3 aliphatic rings. The maximum absolute atomic E-state index is 12.4. The van der Waals surface area contributed by atoms with Crippen LogP contribution in [0, 0.1) is 5.92 Å². The van der Waals surface area contributed by atoms with Crippen molar-refractivity contribution in [2.24, 2.45) is 5.92 Å². The average molecular weight is 381 g/mol. The van der Waals surface area contributed by atoms with Gasteiger partial charge in [0.2, 0.25) is 12.7 Å².